The third kappa shape index (κ3) is 3.19. The second-order valence-corrected chi connectivity index (χ2v) is 3.26. The largest absolute Gasteiger partial charge is 0.463 e. The van der Waals surface area contributed by atoms with E-state index >= 15 is 0 Å². The average Bonchev–Trinajstić information content (AvgIpc) is 2.62. The van der Waals surface area contributed by atoms with Crippen molar-refractivity contribution in [1.82, 2.24) is 4.90 Å². The Hall–Kier alpha value is -0.610. The SMILES string of the molecule is CC(=O)OCC(O)CN1CC1C. The van der Waals surface area contributed by atoms with Gasteiger partial charge in [-0.1, -0.05) is 0 Å². The summed E-state index contributed by atoms with van der Waals surface area (Å²) < 4.78 is 4.65. The smallest absolute Gasteiger partial charge is 0.302 e. The second-order valence-electron chi connectivity index (χ2n) is 3.26. The van der Waals surface area contributed by atoms with E-state index in [1.807, 2.05) is 0 Å². The highest BCUT2D eigenvalue weighted by atomic mass is 16.5. The minimum absolute atomic E-state index is 0.110. The Morgan fingerprint density at radius 3 is 2.83 bits per heavy atom. The van der Waals surface area contributed by atoms with Gasteiger partial charge in [0.1, 0.15) is 12.7 Å². The number of carbonyl (C=O) groups is 1. The van der Waals surface area contributed by atoms with Gasteiger partial charge in [-0.3, -0.25) is 9.69 Å². The number of carbonyl (C=O) groups excluding carboxylic acids is 1. The van der Waals surface area contributed by atoms with Crippen molar-refractivity contribution < 1.29 is 14.6 Å². The van der Waals surface area contributed by atoms with Crippen molar-refractivity contribution in [1.29, 1.82) is 0 Å². The van der Waals surface area contributed by atoms with E-state index in [0.717, 1.165) is 6.54 Å². The number of aliphatic hydroxyl groups is 1. The summed E-state index contributed by atoms with van der Waals surface area (Å²) >= 11 is 0. The van der Waals surface area contributed by atoms with Gasteiger partial charge in [-0.05, 0) is 6.92 Å². The molecule has 0 radical (unpaired) electrons. The fourth-order valence-corrected chi connectivity index (χ4v) is 1.08. The van der Waals surface area contributed by atoms with E-state index in [2.05, 4.69) is 16.6 Å². The fourth-order valence-electron chi connectivity index (χ4n) is 1.08. The molecule has 0 amide bonds. The molecule has 1 aliphatic rings. The van der Waals surface area contributed by atoms with E-state index in [0.29, 0.717) is 12.6 Å². The lowest BCUT2D eigenvalue weighted by Crippen LogP contribution is -2.26. The maximum absolute atomic E-state index is 10.4. The molecule has 1 rings (SSSR count). The van der Waals surface area contributed by atoms with Crippen LogP contribution in [-0.4, -0.2) is 47.8 Å². The molecule has 3 unspecified atom stereocenters. The van der Waals surface area contributed by atoms with Gasteiger partial charge in [0, 0.05) is 26.1 Å². The maximum atomic E-state index is 10.4. The maximum Gasteiger partial charge on any atom is 0.302 e. The van der Waals surface area contributed by atoms with Crippen LogP contribution in [0.4, 0.5) is 0 Å². The molecule has 4 heteroatoms. The Bertz CT molecular complexity index is 172. The highest BCUT2D eigenvalue weighted by molar-refractivity contribution is 5.65. The van der Waals surface area contributed by atoms with Crippen molar-refractivity contribution in [2.24, 2.45) is 0 Å². The Labute approximate surface area is 72.1 Å². The van der Waals surface area contributed by atoms with E-state index in [9.17, 15) is 9.90 Å². The molecule has 70 valence electrons. The average molecular weight is 173 g/mol. The summed E-state index contributed by atoms with van der Waals surface area (Å²) in [5.41, 5.74) is 0. The number of ether oxygens (including phenoxy) is 1. The Kier molecular flexibility index (Phi) is 3.05. The first-order chi connectivity index (χ1) is 5.59. The predicted molar refractivity (Wildman–Crippen MR) is 43.7 cm³/mol. The van der Waals surface area contributed by atoms with E-state index < -0.39 is 6.10 Å². The minimum Gasteiger partial charge on any atom is -0.463 e. The Morgan fingerprint density at radius 1 is 1.83 bits per heavy atom. The van der Waals surface area contributed by atoms with Crippen LogP contribution in [0.25, 0.3) is 0 Å². The lowest BCUT2D eigenvalue weighted by atomic mass is 10.4. The fraction of sp³-hybridized carbons (Fsp3) is 0.875. The van der Waals surface area contributed by atoms with E-state index in [1.54, 1.807) is 0 Å². The van der Waals surface area contributed by atoms with Crippen LogP contribution in [-0.2, 0) is 9.53 Å². The molecule has 0 aromatic heterocycles. The van der Waals surface area contributed by atoms with Gasteiger partial charge in [0.15, 0.2) is 0 Å². The van der Waals surface area contributed by atoms with Crippen molar-refractivity contribution >= 4 is 5.97 Å². The normalized spacial score (nSPS) is 29.6. The lowest BCUT2D eigenvalue weighted by Gasteiger charge is -2.10. The summed E-state index contributed by atoms with van der Waals surface area (Å²) in [5, 5.41) is 9.31. The van der Waals surface area contributed by atoms with E-state index in [1.165, 1.54) is 6.92 Å². The standard InChI is InChI=1S/C8H15NO3/c1-6-3-9(6)4-8(11)5-12-7(2)10/h6,8,11H,3-5H2,1-2H3. The van der Waals surface area contributed by atoms with Gasteiger partial charge in [0.05, 0.1) is 0 Å². The molecule has 0 aromatic carbocycles. The van der Waals surface area contributed by atoms with Gasteiger partial charge >= 0.3 is 5.97 Å². The molecule has 4 nitrogen and oxygen atoms in total. The molecule has 0 aromatic rings. The van der Waals surface area contributed by atoms with Gasteiger partial charge in [0.2, 0.25) is 0 Å². The van der Waals surface area contributed by atoms with Gasteiger partial charge in [-0.25, -0.2) is 0 Å². The van der Waals surface area contributed by atoms with E-state index in [4.69, 9.17) is 0 Å². The van der Waals surface area contributed by atoms with Crippen molar-refractivity contribution in [3.8, 4) is 0 Å². The summed E-state index contributed by atoms with van der Waals surface area (Å²) in [6.45, 7) is 5.19. The molecule has 3 atom stereocenters. The third-order valence-corrected chi connectivity index (χ3v) is 1.91. The molecule has 0 saturated carbocycles. The second kappa shape index (κ2) is 3.87. The van der Waals surface area contributed by atoms with E-state index in [-0.39, 0.29) is 12.6 Å². The molecule has 1 heterocycles. The molecule has 1 fully saturated rings. The molecular weight excluding hydrogens is 158 g/mol. The first-order valence-electron chi connectivity index (χ1n) is 4.15. The molecule has 0 bridgehead atoms. The van der Waals surface area contributed by atoms with Crippen LogP contribution >= 0.6 is 0 Å². The topological polar surface area (TPSA) is 49.5 Å². The molecule has 0 spiro atoms. The molecule has 0 aliphatic carbocycles. The lowest BCUT2D eigenvalue weighted by molar-refractivity contribution is -0.144. The van der Waals surface area contributed by atoms with Crippen molar-refractivity contribution in [3.63, 3.8) is 0 Å². The van der Waals surface area contributed by atoms with Crippen molar-refractivity contribution in [2.75, 3.05) is 19.7 Å². The zero-order valence-corrected chi connectivity index (χ0v) is 7.49. The van der Waals surface area contributed by atoms with Crippen LogP contribution in [0, 0.1) is 0 Å². The van der Waals surface area contributed by atoms with Crippen LogP contribution in [0.2, 0.25) is 0 Å². The summed E-state index contributed by atoms with van der Waals surface area (Å²) in [6, 6.07) is 0.581. The summed E-state index contributed by atoms with van der Waals surface area (Å²) in [4.78, 5) is 12.5. The van der Waals surface area contributed by atoms with Crippen LogP contribution < -0.4 is 0 Å². The molecule has 1 saturated heterocycles. The summed E-state index contributed by atoms with van der Waals surface area (Å²) in [5.74, 6) is -0.340. The highest BCUT2D eigenvalue weighted by Gasteiger charge is 2.30. The number of rotatable bonds is 4. The van der Waals surface area contributed by atoms with Crippen LogP contribution in [0.15, 0.2) is 0 Å². The van der Waals surface area contributed by atoms with Crippen LogP contribution in [0.1, 0.15) is 13.8 Å². The van der Waals surface area contributed by atoms with Gasteiger partial charge in [-0.15, -0.1) is 0 Å². The summed E-state index contributed by atoms with van der Waals surface area (Å²) in [7, 11) is 0. The first-order valence-corrected chi connectivity index (χ1v) is 4.15. The zero-order valence-electron chi connectivity index (χ0n) is 7.49. The van der Waals surface area contributed by atoms with Gasteiger partial charge in [-0.2, -0.15) is 0 Å². The van der Waals surface area contributed by atoms with Gasteiger partial charge < -0.3 is 9.84 Å². The zero-order chi connectivity index (χ0) is 9.14. The monoisotopic (exact) mass is 173 g/mol. The molecule has 1 N–H and O–H groups in total. The minimum atomic E-state index is -0.543. The number of hydrogen-bond donors (Lipinski definition) is 1. The molecular formula is C8H15NO3. The summed E-state index contributed by atoms with van der Waals surface area (Å²) in [6.07, 6.45) is -0.543. The molecule has 12 heavy (non-hydrogen) atoms. The highest BCUT2D eigenvalue weighted by Crippen LogP contribution is 2.15. The molecule has 1 aliphatic heterocycles. The number of esters is 1. The quantitative estimate of drug-likeness (QED) is 0.465. The Morgan fingerprint density at radius 2 is 2.42 bits per heavy atom. The van der Waals surface area contributed by atoms with Crippen molar-refractivity contribution in [3.05, 3.63) is 0 Å². The number of hydrogen-bond acceptors (Lipinski definition) is 4. The Balaban J connectivity index is 2.04. The van der Waals surface area contributed by atoms with Crippen LogP contribution in [0.3, 0.4) is 0 Å². The third-order valence-electron chi connectivity index (χ3n) is 1.91. The predicted octanol–water partition coefficient (Wildman–Crippen LogP) is -0.386. The van der Waals surface area contributed by atoms with Crippen molar-refractivity contribution in [2.45, 2.75) is 26.0 Å². The van der Waals surface area contributed by atoms with Crippen LogP contribution in [0.5, 0.6) is 0 Å². The number of β-amino-alcohol motifs (C(OH)–C–C–N with tert-alkyl or cyclic N) is 1. The number of aliphatic hydroxyl groups excluding tert-OH is 1. The number of nitrogens with zero attached hydrogens (tertiary/aromatic N) is 1. The first kappa shape index (κ1) is 9.48. The van der Waals surface area contributed by atoms with Gasteiger partial charge in [0.25, 0.3) is 0 Å².